The van der Waals surface area contributed by atoms with Crippen molar-refractivity contribution in [2.45, 2.75) is 95.3 Å². The van der Waals surface area contributed by atoms with Gasteiger partial charge in [0.05, 0.1) is 18.3 Å². The molecule has 8 heteroatoms. The summed E-state index contributed by atoms with van der Waals surface area (Å²) < 4.78 is 22.2. The molecule has 4 unspecified atom stereocenters. The first-order valence-corrected chi connectivity index (χ1v) is 9.36. The van der Waals surface area contributed by atoms with E-state index in [0.717, 1.165) is 19.3 Å². The molecule has 2 saturated heterocycles. The van der Waals surface area contributed by atoms with Crippen LogP contribution in [-0.4, -0.2) is 82.8 Å². The zero-order valence-corrected chi connectivity index (χ0v) is 15.8. The second kappa shape index (κ2) is 7.60. The van der Waals surface area contributed by atoms with Gasteiger partial charge in [0.2, 0.25) is 0 Å². The van der Waals surface area contributed by atoms with E-state index in [1.807, 2.05) is 0 Å². The van der Waals surface area contributed by atoms with E-state index < -0.39 is 49.2 Å². The quantitative estimate of drug-likeness (QED) is 0.533. The molecule has 0 spiro atoms. The van der Waals surface area contributed by atoms with Gasteiger partial charge in [-0.3, -0.25) is 0 Å². The molecule has 152 valence electrons. The Labute approximate surface area is 154 Å². The van der Waals surface area contributed by atoms with Crippen LogP contribution in [0.15, 0.2) is 0 Å². The van der Waals surface area contributed by atoms with E-state index in [0.29, 0.717) is 0 Å². The number of hydrogen-bond donors (Lipinski definition) is 4. The molecule has 3 fully saturated rings. The molecule has 8 nitrogen and oxygen atoms in total. The summed E-state index contributed by atoms with van der Waals surface area (Å²) in [5.41, 5.74) is 0.0973. The van der Waals surface area contributed by atoms with E-state index in [9.17, 15) is 20.4 Å². The van der Waals surface area contributed by atoms with Crippen LogP contribution in [0.5, 0.6) is 0 Å². The molecule has 0 aromatic carbocycles. The van der Waals surface area contributed by atoms with Crippen LogP contribution in [0.2, 0.25) is 0 Å². The van der Waals surface area contributed by atoms with Crippen LogP contribution in [-0.2, 0) is 18.9 Å². The summed E-state index contributed by atoms with van der Waals surface area (Å²) in [4.78, 5) is 0. The number of methoxy groups -OCH3 is 1. The van der Waals surface area contributed by atoms with E-state index in [4.69, 9.17) is 18.9 Å². The van der Waals surface area contributed by atoms with Gasteiger partial charge in [-0.15, -0.1) is 0 Å². The molecule has 10 atom stereocenters. The summed E-state index contributed by atoms with van der Waals surface area (Å²) in [7, 11) is 1.38. The lowest BCUT2D eigenvalue weighted by atomic mass is 9.67. The molecular formula is C18H32O8. The maximum absolute atomic E-state index is 10.6. The first-order valence-electron chi connectivity index (χ1n) is 9.36. The fraction of sp³-hybridized carbons (Fsp3) is 1.00. The third-order valence-corrected chi connectivity index (χ3v) is 6.05. The molecule has 0 amide bonds. The van der Waals surface area contributed by atoms with Crippen molar-refractivity contribution in [3.63, 3.8) is 0 Å². The van der Waals surface area contributed by atoms with Crippen LogP contribution >= 0.6 is 0 Å². The van der Waals surface area contributed by atoms with Crippen LogP contribution in [0.4, 0.5) is 0 Å². The monoisotopic (exact) mass is 376 g/mol. The zero-order valence-electron chi connectivity index (χ0n) is 15.8. The number of fused-ring (bicyclic) bond motifs is 1. The highest BCUT2D eigenvalue weighted by Crippen LogP contribution is 2.45. The van der Waals surface area contributed by atoms with E-state index in [-0.39, 0.29) is 17.4 Å². The van der Waals surface area contributed by atoms with Gasteiger partial charge in [0.1, 0.15) is 24.4 Å². The van der Waals surface area contributed by atoms with Crippen molar-refractivity contribution in [1.29, 1.82) is 0 Å². The summed E-state index contributed by atoms with van der Waals surface area (Å²) in [5, 5.41) is 41.5. The van der Waals surface area contributed by atoms with Gasteiger partial charge < -0.3 is 39.4 Å². The van der Waals surface area contributed by atoms with Crippen molar-refractivity contribution in [2.24, 2.45) is 11.3 Å². The van der Waals surface area contributed by atoms with Crippen molar-refractivity contribution in [3.8, 4) is 0 Å². The Balaban J connectivity index is 1.68. The average molecular weight is 376 g/mol. The molecule has 0 aromatic rings. The molecule has 1 saturated carbocycles. The van der Waals surface area contributed by atoms with Crippen LogP contribution in [0, 0.1) is 11.3 Å². The highest BCUT2D eigenvalue weighted by atomic mass is 16.7. The van der Waals surface area contributed by atoms with Gasteiger partial charge in [-0.25, -0.2) is 0 Å². The lowest BCUT2D eigenvalue weighted by Crippen LogP contribution is -2.63. The van der Waals surface area contributed by atoms with Crippen molar-refractivity contribution in [3.05, 3.63) is 0 Å². The van der Waals surface area contributed by atoms with Gasteiger partial charge in [0.15, 0.2) is 12.6 Å². The Bertz CT molecular complexity index is 484. The van der Waals surface area contributed by atoms with E-state index in [2.05, 4.69) is 13.8 Å². The van der Waals surface area contributed by atoms with E-state index in [1.165, 1.54) is 7.11 Å². The van der Waals surface area contributed by atoms with Crippen molar-refractivity contribution in [1.82, 2.24) is 0 Å². The van der Waals surface area contributed by atoms with Gasteiger partial charge in [-0.2, -0.15) is 0 Å². The highest BCUT2D eigenvalue weighted by Gasteiger charge is 2.51. The number of rotatable bonds is 3. The number of hydrogen-bond acceptors (Lipinski definition) is 8. The minimum Gasteiger partial charge on any atom is -0.390 e. The normalized spacial score (nSPS) is 51.7. The molecular weight excluding hydrogens is 344 g/mol. The number of ether oxygens (including phenoxy) is 4. The Morgan fingerprint density at radius 3 is 2.23 bits per heavy atom. The smallest absolute Gasteiger partial charge is 0.186 e. The molecule has 2 aliphatic heterocycles. The molecule has 4 N–H and O–H groups in total. The van der Waals surface area contributed by atoms with Crippen molar-refractivity contribution < 1.29 is 39.4 Å². The molecule has 3 aliphatic rings. The fourth-order valence-electron chi connectivity index (χ4n) is 4.45. The summed E-state index contributed by atoms with van der Waals surface area (Å²) in [6, 6.07) is 0. The Morgan fingerprint density at radius 1 is 0.923 bits per heavy atom. The fourth-order valence-corrected chi connectivity index (χ4v) is 4.45. The van der Waals surface area contributed by atoms with E-state index in [1.54, 1.807) is 6.92 Å². The SMILES string of the molecule is CO[C@@H]1OC(C)[C@H](O[C@@H]2OC3CCC(C)(C)C[C@@H]3[C@H](O)C2O)[C@H](O)C1O. The van der Waals surface area contributed by atoms with Crippen LogP contribution < -0.4 is 0 Å². The number of aliphatic hydroxyl groups excluding tert-OH is 4. The van der Waals surface area contributed by atoms with Gasteiger partial charge in [0, 0.05) is 13.0 Å². The van der Waals surface area contributed by atoms with Gasteiger partial charge in [-0.1, -0.05) is 13.8 Å². The zero-order chi connectivity index (χ0) is 19.2. The summed E-state index contributed by atoms with van der Waals surface area (Å²) in [6.07, 6.45) is -6.00. The standard InChI is InChI=1S/C18H32O8/c1-8-15(12(20)14(22)16(23-4)24-8)26-17-13(21)11(19)9-7-18(2,3)6-5-10(9)25-17/h8-17,19-22H,5-7H2,1-4H3/t8?,9-,10?,11-,12+,13?,14?,15-,16+,17-/m0/s1. The van der Waals surface area contributed by atoms with Gasteiger partial charge in [0.25, 0.3) is 0 Å². The van der Waals surface area contributed by atoms with Crippen LogP contribution in [0.25, 0.3) is 0 Å². The largest absolute Gasteiger partial charge is 0.390 e. The molecule has 2 heterocycles. The van der Waals surface area contributed by atoms with E-state index >= 15 is 0 Å². The molecule has 3 rings (SSSR count). The van der Waals surface area contributed by atoms with Crippen molar-refractivity contribution >= 4 is 0 Å². The van der Waals surface area contributed by atoms with Crippen LogP contribution in [0.3, 0.4) is 0 Å². The molecule has 1 aliphatic carbocycles. The first kappa shape index (κ1) is 20.4. The summed E-state index contributed by atoms with van der Waals surface area (Å²) in [5.74, 6) is -0.151. The first-order chi connectivity index (χ1) is 12.1. The van der Waals surface area contributed by atoms with Gasteiger partial charge in [-0.05, 0) is 31.6 Å². The van der Waals surface area contributed by atoms with Crippen molar-refractivity contribution in [2.75, 3.05) is 7.11 Å². The lowest BCUT2D eigenvalue weighted by Gasteiger charge is -2.50. The predicted octanol–water partition coefficient (Wildman–Crippen LogP) is -0.242. The Hall–Kier alpha value is -0.320. The van der Waals surface area contributed by atoms with Gasteiger partial charge >= 0.3 is 0 Å². The molecule has 0 aromatic heterocycles. The summed E-state index contributed by atoms with van der Waals surface area (Å²) >= 11 is 0. The molecule has 0 bridgehead atoms. The second-order valence-corrected chi connectivity index (χ2v) is 8.62. The molecule has 26 heavy (non-hydrogen) atoms. The molecule has 0 radical (unpaired) electrons. The highest BCUT2D eigenvalue weighted by molar-refractivity contribution is 4.97. The summed E-state index contributed by atoms with van der Waals surface area (Å²) in [6.45, 7) is 5.98. The Morgan fingerprint density at radius 2 is 1.58 bits per heavy atom. The minimum atomic E-state index is -1.28. The maximum Gasteiger partial charge on any atom is 0.186 e. The number of aliphatic hydroxyl groups is 4. The lowest BCUT2D eigenvalue weighted by molar-refractivity contribution is -0.351. The second-order valence-electron chi connectivity index (χ2n) is 8.62. The third-order valence-electron chi connectivity index (χ3n) is 6.05. The minimum absolute atomic E-state index is 0.0973. The average Bonchev–Trinajstić information content (AvgIpc) is 2.59. The Kier molecular flexibility index (Phi) is 5.97. The van der Waals surface area contributed by atoms with Crippen LogP contribution in [0.1, 0.15) is 40.0 Å². The maximum atomic E-state index is 10.6. The third kappa shape index (κ3) is 3.79. The predicted molar refractivity (Wildman–Crippen MR) is 90.0 cm³/mol. The topological polar surface area (TPSA) is 118 Å².